The average molecular weight is 1650 g/mol. The number of benzene rings is 7. The maximum absolute atomic E-state index is 11.4. The van der Waals surface area contributed by atoms with E-state index in [0.29, 0.717) is 34.8 Å². The van der Waals surface area contributed by atoms with E-state index in [-0.39, 0.29) is 53.8 Å². The highest BCUT2D eigenvalue weighted by Gasteiger charge is 2.16. The van der Waals surface area contributed by atoms with Crippen LogP contribution in [0.3, 0.4) is 0 Å². The van der Waals surface area contributed by atoms with Crippen molar-refractivity contribution in [1.82, 2.24) is 0 Å². The summed E-state index contributed by atoms with van der Waals surface area (Å²) in [6.07, 6.45) is 32.2. The summed E-state index contributed by atoms with van der Waals surface area (Å²) in [4.78, 5) is 69.2. The fraction of sp³-hybridized carbons (Fsp3) is 0.568. The summed E-state index contributed by atoms with van der Waals surface area (Å²) >= 11 is 1.95. The number of unbranched alkanes of at least 4 members (excludes halogenated alkanes) is 4. The molecule has 8 heteroatoms. The van der Waals surface area contributed by atoms with Crippen molar-refractivity contribution in [3.8, 4) is 5.75 Å². The predicted molar refractivity (Wildman–Crippen MR) is 519 cm³/mol. The molecule has 0 heterocycles. The van der Waals surface area contributed by atoms with Gasteiger partial charge in [-0.15, -0.1) is 11.8 Å². The Bertz CT molecular complexity index is 3650. The summed E-state index contributed by atoms with van der Waals surface area (Å²) in [6.45, 7) is 47.7. The second-order valence-corrected chi connectivity index (χ2v) is 37.4. The van der Waals surface area contributed by atoms with Crippen molar-refractivity contribution in [2.24, 2.45) is 71.0 Å². The van der Waals surface area contributed by atoms with Crippen molar-refractivity contribution >= 4 is 57.2 Å². The number of thioether (sulfide) groups is 1. The molecular weight excluding hydrogens is 1480 g/mol. The predicted octanol–water partition coefficient (Wildman–Crippen LogP) is 31.7. The van der Waals surface area contributed by atoms with E-state index >= 15 is 0 Å². The topological polar surface area (TPSA) is 112 Å². The van der Waals surface area contributed by atoms with Gasteiger partial charge in [0.15, 0.2) is 5.78 Å². The third kappa shape index (κ3) is 64.2. The lowest BCUT2D eigenvalue weighted by Crippen LogP contribution is -2.16. The Hall–Kier alpha value is -7.29. The van der Waals surface area contributed by atoms with E-state index in [2.05, 4.69) is 220 Å². The molecule has 662 valence electrons. The maximum Gasteiger partial charge on any atom is 0.172 e. The van der Waals surface area contributed by atoms with Gasteiger partial charge in [0.2, 0.25) is 0 Å². The third-order valence-electron chi connectivity index (χ3n) is 21.0. The molecule has 0 bridgehead atoms. The summed E-state index contributed by atoms with van der Waals surface area (Å²) in [6, 6.07) is 66.9. The van der Waals surface area contributed by atoms with Gasteiger partial charge >= 0.3 is 0 Å². The van der Waals surface area contributed by atoms with Crippen LogP contribution >= 0.6 is 11.8 Å². The highest BCUT2D eigenvalue weighted by molar-refractivity contribution is 7.99. The van der Waals surface area contributed by atoms with Crippen molar-refractivity contribution in [3.63, 3.8) is 0 Å². The maximum atomic E-state index is 11.4. The number of carbonyl (C=O) groups excluding carboxylic acids is 6. The van der Waals surface area contributed by atoms with Crippen LogP contribution < -0.4 is 4.74 Å². The second kappa shape index (κ2) is 71.3. The smallest absolute Gasteiger partial charge is 0.172 e. The van der Waals surface area contributed by atoms with Crippen LogP contribution in [0.5, 0.6) is 5.75 Å². The Morgan fingerprint density at radius 3 is 1.26 bits per heavy atom. The monoisotopic (exact) mass is 1650 g/mol. The number of ketones is 6. The van der Waals surface area contributed by atoms with Gasteiger partial charge in [-0.3, -0.25) is 28.8 Å². The molecular formula is C111H170O7S. The Kier molecular flexibility index (Phi) is 66.9. The Labute approximate surface area is 734 Å². The van der Waals surface area contributed by atoms with E-state index in [1.807, 2.05) is 151 Å². The molecule has 2 atom stereocenters. The lowest BCUT2D eigenvalue weighted by atomic mass is 9.85. The molecule has 0 N–H and O–H groups in total. The van der Waals surface area contributed by atoms with Gasteiger partial charge in [-0.05, 0) is 196 Å². The molecule has 0 aromatic heterocycles. The molecule has 0 spiro atoms. The standard InChI is InChI=1S/C15H22O.C15H18.C14H26O.C14H20O.C13H24O.C11H14O2.C11H16S.C10H14.C8H16O/c1-13(2)15(16)12-8-4-7-11-14-9-5-3-6-10-14;1-12(2)7-8-13-9-10-14-5-3-4-6-15(14)11-13;2*1-12(2)14(15)11-7-6-10-13-8-4-3-5-9-13;1-10(2)7-6-8-12(5)9-13(14)11(3)4;1-9(2)11(12)8-13-10-6-4-3-5-7-10;1-10(2)8-9-12-11-6-4-3-5-7-11;1-9(2)8-10-6-4-3-5-7-10;1-5-7(4)8(9)6(2)3/h3,5-6,9-10,13H,4,7-8,11-12H2,1-2H3;3-6,9-12H,7-8H2,1-2H3;12-13H,3-11H2,1-2H3;3-5,8-9,12H,6-7,10-11H2,1-2H3;7,11-12H,6,8-9H2,1-5H3;3-7,9H,8H2,1-2H3;3-7,10H,8-9H2,1-2H3;3-7,9H,8H2,1-2H3;6-7H,5H2,1-4H3. The number of ether oxygens (including phenoxy) is 1. The largest absolute Gasteiger partial charge is 0.486 e. The van der Waals surface area contributed by atoms with Crippen LogP contribution in [0.4, 0.5) is 0 Å². The first-order valence-electron chi connectivity index (χ1n) is 46.4. The summed E-state index contributed by atoms with van der Waals surface area (Å²) in [5, 5.41) is 2.70. The average Bonchev–Trinajstić information content (AvgIpc) is 0.844. The summed E-state index contributed by atoms with van der Waals surface area (Å²) < 4.78 is 5.28. The van der Waals surface area contributed by atoms with Gasteiger partial charge in [0.1, 0.15) is 41.3 Å². The molecule has 1 fully saturated rings. The normalized spacial score (nSPS) is 12.1. The zero-order chi connectivity index (χ0) is 89.1. The first-order valence-corrected chi connectivity index (χ1v) is 47.4. The molecule has 7 aromatic carbocycles. The lowest BCUT2D eigenvalue weighted by molar-refractivity contribution is -0.125. The molecule has 7 nitrogen and oxygen atoms in total. The van der Waals surface area contributed by atoms with Crippen LogP contribution in [-0.2, 0) is 54.5 Å². The fourth-order valence-corrected chi connectivity index (χ4v) is 13.8. The number of carbonyl (C=O) groups is 6. The fourth-order valence-electron chi connectivity index (χ4n) is 12.6. The van der Waals surface area contributed by atoms with E-state index in [0.717, 1.165) is 119 Å². The van der Waals surface area contributed by atoms with E-state index in [9.17, 15) is 28.8 Å². The van der Waals surface area contributed by atoms with Crippen molar-refractivity contribution in [2.45, 2.75) is 331 Å². The van der Waals surface area contributed by atoms with Crippen LogP contribution in [0.25, 0.3) is 10.8 Å². The molecule has 0 saturated heterocycles. The quantitative estimate of drug-likeness (QED) is 0.0212. The number of para-hydroxylation sites is 1. The van der Waals surface area contributed by atoms with E-state index < -0.39 is 0 Å². The molecule has 2 unspecified atom stereocenters. The van der Waals surface area contributed by atoms with Gasteiger partial charge in [0.05, 0.1) is 0 Å². The van der Waals surface area contributed by atoms with Crippen molar-refractivity contribution in [3.05, 3.63) is 228 Å². The van der Waals surface area contributed by atoms with Crippen LogP contribution in [0, 0.1) is 71.0 Å². The van der Waals surface area contributed by atoms with Crippen LogP contribution in [0.2, 0.25) is 0 Å². The number of hydrogen-bond acceptors (Lipinski definition) is 8. The van der Waals surface area contributed by atoms with Crippen molar-refractivity contribution in [2.75, 3.05) is 12.4 Å². The van der Waals surface area contributed by atoms with Crippen LogP contribution in [-0.4, -0.2) is 47.1 Å². The minimum atomic E-state index is 0.0451. The number of rotatable bonds is 41. The SMILES string of the molecule is CC(C)=CCCC(C)CC(=O)C(C)C.CC(C)C(=O)CCCCC1CCCCC1.CC(C)C(=O)CCCCCc1ccccc1.CC(C)C(=O)CCCCc1ccccc1.CC(C)C(=O)COc1ccccc1.CC(C)CCSc1ccccc1.CC(C)CCc1ccc2ccccc2c1.CC(C)Cc1ccccc1.CCC(C)C(=O)C(C)C. The first-order chi connectivity index (χ1) is 56.6. The van der Waals surface area contributed by atoms with Crippen LogP contribution in [0.1, 0.15) is 323 Å². The summed E-state index contributed by atoms with van der Waals surface area (Å²) in [5.41, 5.74) is 7.04. The summed E-state index contributed by atoms with van der Waals surface area (Å²) in [5.74, 6) is 9.36. The molecule has 7 aromatic rings. The summed E-state index contributed by atoms with van der Waals surface area (Å²) in [7, 11) is 0. The van der Waals surface area contributed by atoms with Gasteiger partial charge in [-0.25, -0.2) is 0 Å². The minimum absolute atomic E-state index is 0.0451. The van der Waals surface area contributed by atoms with Gasteiger partial charge < -0.3 is 4.74 Å². The van der Waals surface area contributed by atoms with Gasteiger partial charge in [-0.2, -0.15) is 0 Å². The molecule has 0 radical (unpaired) electrons. The molecule has 1 saturated carbocycles. The first kappa shape index (κ1) is 112. The Morgan fingerprint density at radius 1 is 0.395 bits per heavy atom. The number of fused-ring (bicyclic) bond motifs is 1. The minimum Gasteiger partial charge on any atom is -0.486 e. The van der Waals surface area contributed by atoms with Crippen LogP contribution in [0.15, 0.2) is 211 Å². The van der Waals surface area contributed by atoms with E-state index in [1.54, 1.807) is 0 Å². The van der Waals surface area contributed by atoms with Crippen molar-refractivity contribution in [1.29, 1.82) is 0 Å². The van der Waals surface area contributed by atoms with Gasteiger partial charge in [-0.1, -0.05) is 378 Å². The molecule has 8 rings (SSSR count). The highest BCUT2D eigenvalue weighted by atomic mass is 32.2. The van der Waals surface area contributed by atoms with Crippen molar-refractivity contribution < 1.29 is 33.5 Å². The highest BCUT2D eigenvalue weighted by Crippen LogP contribution is 2.29. The number of allylic oxidation sites excluding steroid dienone is 2. The molecule has 0 amide bonds. The number of hydrogen-bond donors (Lipinski definition) is 0. The second-order valence-electron chi connectivity index (χ2n) is 36.3. The lowest BCUT2D eigenvalue weighted by Gasteiger charge is -2.21. The zero-order valence-corrected chi connectivity index (χ0v) is 80.4. The zero-order valence-electron chi connectivity index (χ0n) is 79.5. The van der Waals surface area contributed by atoms with Gasteiger partial charge in [0.25, 0.3) is 0 Å². The van der Waals surface area contributed by atoms with E-state index in [1.165, 1.54) is 126 Å². The number of Topliss-reactive ketones (excluding diaryl/α,β-unsaturated/α-hetero) is 6. The Morgan fingerprint density at radius 2 is 0.824 bits per heavy atom. The molecule has 0 aliphatic heterocycles. The molecule has 119 heavy (non-hydrogen) atoms. The number of aryl methyl sites for hydroxylation is 3. The molecule has 1 aliphatic rings. The van der Waals surface area contributed by atoms with E-state index in [4.69, 9.17) is 4.74 Å². The third-order valence-corrected chi connectivity index (χ3v) is 22.1. The Balaban J connectivity index is 0.00000132. The molecule has 1 aliphatic carbocycles. The van der Waals surface area contributed by atoms with Gasteiger partial charge in [0, 0.05) is 72.0 Å².